The van der Waals surface area contributed by atoms with Crippen molar-refractivity contribution >= 4 is 11.9 Å². The quantitative estimate of drug-likeness (QED) is 0.890. The van der Waals surface area contributed by atoms with Crippen LogP contribution in [-0.4, -0.2) is 44.6 Å². The Kier molecular flexibility index (Phi) is 4.83. The summed E-state index contributed by atoms with van der Waals surface area (Å²) in [6.45, 7) is 6.55. The maximum Gasteiger partial charge on any atom is 0.326 e. The highest BCUT2D eigenvalue weighted by Crippen LogP contribution is 2.20. The van der Waals surface area contributed by atoms with Gasteiger partial charge in [0.15, 0.2) is 5.82 Å². The summed E-state index contributed by atoms with van der Waals surface area (Å²) < 4.78 is 5.18. The molecular weight excluding hydrogens is 286 g/mol. The summed E-state index contributed by atoms with van der Waals surface area (Å²) >= 11 is 0. The van der Waals surface area contributed by atoms with Crippen LogP contribution < -0.4 is 0 Å². The van der Waals surface area contributed by atoms with Crippen molar-refractivity contribution in [2.45, 2.75) is 64.3 Å². The summed E-state index contributed by atoms with van der Waals surface area (Å²) in [5.41, 5.74) is -0.165. The van der Waals surface area contributed by atoms with E-state index < -0.39 is 12.0 Å². The molecule has 0 aromatic carbocycles. The number of hydrogen-bond donors (Lipinski definition) is 1. The van der Waals surface area contributed by atoms with Gasteiger partial charge in [0, 0.05) is 24.8 Å². The Morgan fingerprint density at radius 3 is 2.73 bits per heavy atom. The lowest BCUT2D eigenvalue weighted by Crippen LogP contribution is -2.40. The summed E-state index contributed by atoms with van der Waals surface area (Å²) in [5.74, 6) is 0.145. The zero-order valence-electron chi connectivity index (χ0n) is 13.3. The predicted molar refractivity (Wildman–Crippen MR) is 78.3 cm³/mol. The zero-order chi connectivity index (χ0) is 16.3. The first-order valence-corrected chi connectivity index (χ1v) is 7.64. The summed E-state index contributed by atoms with van der Waals surface area (Å²) in [6, 6.07) is -0.664. The molecule has 7 nitrogen and oxygen atoms in total. The highest BCUT2D eigenvalue weighted by Gasteiger charge is 2.33. The van der Waals surface area contributed by atoms with Gasteiger partial charge in [0.05, 0.1) is 0 Å². The number of hydrogen-bond acceptors (Lipinski definition) is 5. The van der Waals surface area contributed by atoms with Crippen LogP contribution >= 0.6 is 0 Å². The molecule has 0 radical (unpaired) electrons. The van der Waals surface area contributed by atoms with E-state index in [1.54, 1.807) is 0 Å². The molecular formula is C15H23N3O4. The molecule has 0 unspecified atom stereocenters. The van der Waals surface area contributed by atoms with Gasteiger partial charge in [-0.25, -0.2) is 4.79 Å². The largest absolute Gasteiger partial charge is 0.480 e. The first-order valence-electron chi connectivity index (χ1n) is 7.64. The highest BCUT2D eigenvalue weighted by atomic mass is 16.5. The van der Waals surface area contributed by atoms with Crippen LogP contribution in [0.1, 0.15) is 58.2 Å². The number of rotatable bonds is 5. The molecule has 2 rings (SSSR count). The lowest BCUT2D eigenvalue weighted by atomic mass is 9.96. The van der Waals surface area contributed by atoms with E-state index in [0.717, 1.165) is 6.42 Å². The Hall–Kier alpha value is -1.92. The number of carboxylic acid groups (broad SMARTS) is 1. The number of nitrogens with zero attached hydrogens (tertiary/aromatic N) is 3. The normalized spacial score (nSPS) is 18.7. The van der Waals surface area contributed by atoms with Crippen molar-refractivity contribution in [3.63, 3.8) is 0 Å². The standard InChI is InChI=1S/C15H23N3O4/c1-15(2,3)14-16-11(22-17-14)7-4-8-12(19)18-9-5-6-10(18)13(20)21/h10H,4-9H2,1-3H3,(H,20,21)/t10-/m0/s1. The van der Waals surface area contributed by atoms with Crippen LogP contribution in [0.2, 0.25) is 0 Å². The molecule has 122 valence electrons. The van der Waals surface area contributed by atoms with Crippen molar-refractivity contribution < 1.29 is 19.2 Å². The van der Waals surface area contributed by atoms with Crippen LogP contribution in [-0.2, 0) is 21.4 Å². The van der Waals surface area contributed by atoms with E-state index in [4.69, 9.17) is 9.63 Å². The van der Waals surface area contributed by atoms with Crippen LogP contribution in [0.3, 0.4) is 0 Å². The lowest BCUT2D eigenvalue weighted by Gasteiger charge is -2.21. The minimum atomic E-state index is -0.919. The van der Waals surface area contributed by atoms with Gasteiger partial charge in [-0.1, -0.05) is 25.9 Å². The fourth-order valence-electron chi connectivity index (χ4n) is 2.52. The summed E-state index contributed by atoms with van der Waals surface area (Å²) in [4.78, 5) is 29.0. The van der Waals surface area contributed by atoms with E-state index >= 15 is 0 Å². The van der Waals surface area contributed by atoms with Crippen LogP contribution in [0.4, 0.5) is 0 Å². The number of carbonyl (C=O) groups is 2. The number of carbonyl (C=O) groups excluding carboxylic acids is 1. The molecule has 22 heavy (non-hydrogen) atoms. The Balaban J connectivity index is 1.82. The number of aryl methyl sites for hydroxylation is 1. The Labute approximate surface area is 129 Å². The van der Waals surface area contributed by atoms with Crippen LogP contribution in [0.5, 0.6) is 0 Å². The molecule has 1 amide bonds. The highest BCUT2D eigenvalue weighted by molar-refractivity contribution is 5.84. The maximum absolute atomic E-state index is 12.1. The topological polar surface area (TPSA) is 96.5 Å². The van der Waals surface area contributed by atoms with E-state index in [-0.39, 0.29) is 11.3 Å². The van der Waals surface area contributed by atoms with Crippen LogP contribution in [0, 0.1) is 0 Å². The fraction of sp³-hybridized carbons (Fsp3) is 0.733. The monoisotopic (exact) mass is 309 g/mol. The molecule has 2 heterocycles. The van der Waals surface area contributed by atoms with E-state index in [1.165, 1.54) is 4.90 Å². The van der Waals surface area contributed by atoms with Crippen LogP contribution in [0.25, 0.3) is 0 Å². The van der Waals surface area contributed by atoms with Gasteiger partial charge in [0.1, 0.15) is 6.04 Å². The average Bonchev–Trinajstić information content (AvgIpc) is 3.06. The Bertz CT molecular complexity index is 547. The fourth-order valence-corrected chi connectivity index (χ4v) is 2.52. The van der Waals surface area contributed by atoms with Gasteiger partial charge in [-0.05, 0) is 19.3 Å². The molecule has 1 aliphatic heterocycles. The number of carboxylic acids is 1. The van der Waals surface area contributed by atoms with Crippen molar-refractivity contribution in [2.75, 3.05) is 6.54 Å². The SMILES string of the molecule is CC(C)(C)c1noc(CCCC(=O)N2CCC[C@H]2C(=O)O)n1. The van der Waals surface area contributed by atoms with Crippen LogP contribution in [0.15, 0.2) is 4.52 Å². The second kappa shape index (κ2) is 6.46. The van der Waals surface area contributed by atoms with E-state index in [0.29, 0.717) is 43.9 Å². The summed E-state index contributed by atoms with van der Waals surface area (Å²) in [6.07, 6.45) is 2.70. The third-order valence-corrected chi connectivity index (χ3v) is 3.78. The molecule has 0 aliphatic carbocycles. The lowest BCUT2D eigenvalue weighted by molar-refractivity contribution is -0.148. The van der Waals surface area contributed by atoms with Crippen molar-refractivity contribution in [3.8, 4) is 0 Å². The maximum atomic E-state index is 12.1. The van der Waals surface area contributed by atoms with Crippen molar-refractivity contribution in [2.24, 2.45) is 0 Å². The van der Waals surface area contributed by atoms with Gasteiger partial charge in [-0.3, -0.25) is 4.79 Å². The van der Waals surface area contributed by atoms with E-state index in [1.807, 2.05) is 20.8 Å². The molecule has 1 aromatic heterocycles. The number of aromatic nitrogens is 2. The molecule has 0 bridgehead atoms. The molecule has 1 aliphatic rings. The molecule has 1 atom stereocenters. The van der Waals surface area contributed by atoms with Gasteiger partial charge in [0.2, 0.25) is 11.8 Å². The van der Waals surface area contributed by atoms with Crippen molar-refractivity contribution in [1.29, 1.82) is 0 Å². The smallest absolute Gasteiger partial charge is 0.326 e. The molecule has 7 heteroatoms. The first-order chi connectivity index (χ1) is 10.3. The minimum absolute atomic E-state index is 0.111. The second-order valence-corrected chi connectivity index (χ2v) is 6.70. The summed E-state index contributed by atoms with van der Waals surface area (Å²) in [7, 11) is 0. The van der Waals surface area contributed by atoms with Gasteiger partial charge in [-0.2, -0.15) is 4.98 Å². The average molecular weight is 309 g/mol. The van der Waals surface area contributed by atoms with Crippen molar-refractivity contribution in [1.82, 2.24) is 15.0 Å². The number of aliphatic carboxylic acids is 1. The van der Waals surface area contributed by atoms with E-state index in [9.17, 15) is 9.59 Å². The number of likely N-dealkylation sites (tertiary alicyclic amines) is 1. The van der Waals surface area contributed by atoms with Gasteiger partial charge in [0.25, 0.3) is 0 Å². The third-order valence-electron chi connectivity index (χ3n) is 3.78. The first kappa shape index (κ1) is 16.5. The minimum Gasteiger partial charge on any atom is -0.480 e. The van der Waals surface area contributed by atoms with Crippen molar-refractivity contribution in [3.05, 3.63) is 11.7 Å². The molecule has 1 N–H and O–H groups in total. The summed E-state index contributed by atoms with van der Waals surface area (Å²) in [5, 5.41) is 13.0. The molecule has 1 aromatic rings. The molecule has 1 fully saturated rings. The molecule has 1 saturated heterocycles. The Morgan fingerprint density at radius 1 is 1.41 bits per heavy atom. The van der Waals surface area contributed by atoms with Gasteiger partial charge >= 0.3 is 5.97 Å². The van der Waals surface area contributed by atoms with E-state index in [2.05, 4.69) is 10.1 Å². The Morgan fingerprint density at radius 2 is 2.14 bits per heavy atom. The molecule has 0 spiro atoms. The number of amides is 1. The van der Waals surface area contributed by atoms with Gasteiger partial charge < -0.3 is 14.5 Å². The zero-order valence-corrected chi connectivity index (χ0v) is 13.3. The molecule has 0 saturated carbocycles. The van der Waals surface area contributed by atoms with Gasteiger partial charge in [-0.15, -0.1) is 0 Å². The second-order valence-electron chi connectivity index (χ2n) is 6.70. The predicted octanol–water partition coefficient (Wildman–Crippen LogP) is 1.77. The third kappa shape index (κ3) is 3.84.